The Bertz CT molecular complexity index is 611. The molecule has 0 amide bonds. The zero-order valence-corrected chi connectivity index (χ0v) is 17.2. The number of guanidine groups is 1. The Hall–Kier alpha value is -1.62. The van der Waals surface area contributed by atoms with Crippen molar-refractivity contribution in [3.8, 4) is 0 Å². The molecule has 0 aliphatic carbocycles. The molecule has 0 saturated carbocycles. The number of ether oxygens (including phenoxy) is 1. The molecule has 3 rings (SSSR count). The summed E-state index contributed by atoms with van der Waals surface area (Å²) < 4.78 is 12.8. The third kappa shape index (κ3) is 7.32. The monoisotopic (exact) mass is 474 g/mol. The highest BCUT2D eigenvalue weighted by Gasteiger charge is 2.14. The lowest BCUT2D eigenvalue weighted by molar-refractivity contribution is 0.117. The molecule has 1 atom stereocenters. The molecule has 2 N–H and O–H groups in total. The summed E-state index contributed by atoms with van der Waals surface area (Å²) in [6, 6.07) is 3.89. The standard InChI is InChI=1S/C17H26N6O2.HI/c1-4-15(24-12-1)6-8-19-17(20-14-16-5-2-13-25-16)18-7-3-10-23-11-9-21-22-23;/h1,4,9,11-12,16H,2-3,5-8,10,13-14H2,(H2,18,19,20);1H. The van der Waals surface area contributed by atoms with Crippen LogP contribution in [-0.2, 0) is 17.7 Å². The molecule has 0 radical (unpaired) electrons. The first-order valence-electron chi connectivity index (χ1n) is 8.90. The Morgan fingerprint density at radius 2 is 2.27 bits per heavy atom. The summed E-state index contributed by atoms with van der Waals surface area (Å²) in [7, 11) is 0. The lowest BCUT2D eigenvalue weighted by Gasteiger charge is -2.13. The molecule has 26 heavy (non-hydrogen) atoms. The van der Waals surface area contributed by atoms with Crippen molar-refractivity contribution in [1.82, 2.24) is 25.6 Å². The molecule has 1 unspecified atom stereocenters. The number of aromatic nitrogens is 3. The number of hydrogen-bond acceptors (Lipinski definition) is 5. The normalized spacial score (nSPS) is 17.1. The van der Waals surface area contributed by atoms with Gasteiger partial charge in [-0.05, 0) is 31.4 Å². The predicted molar refractivity (Wildman–Crippen MR) is 110 cm³/mol. The van der Waals surface area contributed by atoms with Crippen molar-refractivity contribution in [2.45, 2.75) is 38.3 Å². The smallest absolute Gasteiger partial charge is 0.191 e. The summed E-state index contributed by atoms with van der Waals surface area (Å²) in [5, 5.41) is 14.5. The minimum atomic E-state index is 0. The fourth-order valence-electron chi connectivity index (χ4n) is 2.71. The van der Waals surface area contributed by atoms with Crippen molar-refractivity contribution in [2.24, 2.45) is 4.99 Å². The van der Waals surface area contributed by atoms with Crippen LogP contribution in [0.4, 0.5) is 0 Å². The van der Waals surface area contributed by atoms with E-state index in [1.165, 1.54) is 0 Å². The van der Waals surface area contributed by atoms with E-state index in [4.69, 9.17) is 9.15 Å². The molecule has 2 aromatic rings. The van der Waals surface area contributed by atoms with Gasteiger partial charge in [0.05, 0.1) is 25.1 Å². The van der Waals surface area contributed by atoms with Crippen molar-refractivity contribution < 1.29 is 9.15 Å². The van der Waals surface area contributed by atoms with E-state index >= 15 is 0 Å². The van der Waals surface area contributed by atoms with Crippen LogP contribution in [0.1, 0.15) is 25.0 Å². The molecule has 1 fully saturated rings. The third-order valence-electron chi connectivity index (χ3n) is 4.05. The molecule has 3 heterocycles. The minimum absolute atomic E-state index is 0. The van der Waals surface area contributed by atoms with E-state index in [0.29, 0.717) is 6.54 Å². The molecule has 2 aromatic heterocycles. The molecule has 0 aromatic carbocycles. The minimum Gasteiger partial charge on any atom is -0.469 e. The van der Waals surface area contributed by atoms with E-state index in [1.54, 1.807) is 12.5 Å². The van der Waals surface area contributed by atoms with Crippen LogP contribution in [0.2, 0.25) is 0 Å². The summed E-state index contributed by atoms with van der Waals surface area (Å²) >= 11 is 0. The van der Waals surface area contributed by atoms with Crippen LogP contribution < -0.4 is 10.6 Å². The summed E-state index contributed by atoms with van der Waals surface area (Å²) in [5.74, 6) is 1.79. The van der Waals surface area contributed by atoms with E-state index in [-0.39, 0.29) is 30.1 Å². The Kier molecular flexibility index (Phi) is 9.46. The molecule has 144 valence electrons. The van der Waals surface area contributed by atoms with Crippen LogP contribution >= 0.6 is 24.0 Å². The number of halogens is 1. The maximum Gasteiger partial charge on any atom is 0.191 e. The number of furan rings is 1. The summed E-state index contributed by atoms with van der Waals surface area (Å²) in [4.78, 5) is 4.66. The van der Waals surface area contributed by atoms with Gasteiger partial charge >= 0.3 is 0 Å². The number of aliphatic imine (C=N–C) groups is 1. The quantitative estimate of drug-likeness (QED) is 0.250. The van der Waals surface area contributed by atoms with Crippen molar-refractivity contribution in [1.29, 1.82) is 0 Å². The van der Waals surface area contributed by atoms with E-state index in [2.05, 4.69) is 25.9 Å². The lowest BCUT2D eigenvalue weighted by Crippen LogP contribution is -2.39. The number of rotatable bonds is 9. The number of nitrogens with one attached hydrogen (secondary N) is 2. The van der Waals surface area contributed by atoms with Crippen molar-refractivity contribution in [2.75, 3.05) is 26.2 Å². The highest BCUT2D eigenvalue weighted by molar-refractivity contribution is 14.0. The van der Waals surface area contributed by atoms with Crippen LogP contribution in [0.15, 0.2) is 40.2 Å². The zero-order chi connectivity index (χ0) is 17.2. The predicted octanol–water partition coefficient (Wildman–Crippen LogP) is 1.84. The van der Waals surface area contributed by atoms with E-state index in [0.717, 1.165) is 63.6 Å². The molecule has 8 nitrogen and oxygen atoms in total. The zero-order valence-electron chi connectivity index (χ0n) is 14.8. The van der Waals surface area contributed by atoms with Gasteiger partial charge in [0, 0.05) is 38.9 Å². The molecule has 1 saturated heterocycles. The molecule has 1 aliphatic rings. The summed E-state index contributed by atoms with van der Waals surface area (Å²) in [6.07, 6.45) is 9.51. The van der Waals surface area contributed by atoms with Crippen molar-refractivity contribution in [3.05, 3.63) is 36.5 Å². The lowest BCUT2D eigenvalue weighted by atomic mass is 10.2. The fourth-order valence-corrected chi connectivity index (χ4v) is 2.71. The van der Waals surface area contributed by atoms with Crippen LogP contribution in [-0.4, -0.2) is 53.3 Å². The van der Waals surface area contributed by atoms with Gasteiger partial charge in [-0.25, -0.2) is 0 Å². The Morgan fingerprint density at radius 3 is 3.00 bits per heavy atom. The van der Waals surface area contributed by atoms with Gasteiger partial charge in [-0.15, -0.1) is 29.1 Å². The Labute approximate surface area is 170 Å². The van der Waals surface area contributed by atoms with Gasteiger partial charge in [-0.1, -0.05) is 5.21 Å². The fraction of sp³-hybridized carbons (Fsp3) is 0.588. The molecule has 0 bridgehead atoms. The van der Waals surface area contributed by atoms with Gasteiger partial charge in [-0.2, -0.15) is 0 Å². The molecule has 1 aliphatic heterocycles. The molecular formula is C17H27IN6O2. The van der Waals surface area contributed by atoms with Gasteiger partial charge in [0.1, 0.15) is 5.76 Å². The first-order chi connectivity index (χ1) is 12.4. The molecule has 0 spiro atoms. The summed E-state index contributed by atoms with van der Waals surface area (Å²) in [6.45, 7) is 3.97. The highest BCUT2D eigenvalue weighted by Crippen LogP contribution is 2.11. The first-order valence-corrected chi connectivity index (χ1v) is 8.90. The van der Waals surface area contributed by atoms with E-state index < -0.39 is 0 Å². The number of aryl methyl sites for hydroxylation is 1. The van der Waals surface area contributed by atoms with Gasteiger partial charge in [0.25, 0.3) is 0 Å². The first kappa shape index (κ1) is 20.7. The SMILES string of the molecule is I.c1coc(CCNC(=NCC2CCCO2)NCCCn2ccnn2)c1. The number of nitrogens with zero attached hydrogens (tertiary/aromatic N) is 4. The maximum absolute atomic E-state index is 5.65. The van der Waals surface area contributed by atoms with Crippen LogP contribution in [0.3, 0.4) is 0 Å². The topological polar surface area (TPSA) is 89.5 Å². The largest absolute Gasteiger partial charge is 0.469 e. The van der Waals surface area contributed by atoms with Crippen LogP contribution in [0, 0.1) is 0 Å². The highest BCUT2D eigenvalue weighted by atomic mass is 127. The molecular weight excluding hydrogens is 447 g/mol. The maximum atomic E-state index is 5.65. The average Bonchev–Trinajstić information content (AvgIpc) is 3.39. The van der Waals surface area contributed by atoms with Gasteiger partial charge in [0.15, 0.2) is 5.96 Å². The van der Waals surface area contributed by atoms with Crippen LogP contribution in [0.5, 0.6) is 0 Å². The second-order valence-electron chi connectivity index (χ2n) is 6.03. The number of hydrogen-bond donors (Lipinski definition) is 2. The second-order valence-corrected chi connectivity index (χ2v) is 6.03. The van der Waals surface area contributed by atoms with Crippen LogP contribution in [0.25, 0.3) is 0 Å². The van der Waals surface area contributed by atoms with Gasteiger partial charge in [-0.3, -0.25) is 9.67 Å². The van der Waals surface area contributed by atoms with Crippen molar-refractivity contribution >= 4 is 29.9 Å². The Morgan fingerprint density at radius 1 is 1.35 bits per heavy atom. The van der Waals surface area contributed by atoms with Gasteiger partial charge < -0.3 is 19.8 Å². The Balaban J connectivity index is 0.00000243. The van der Waals surface area contributed by atoms with E-state index in [1.807, 2.05) is 23.0 Å². The van der Waals surface area contributed by atoms with Gasteiger partial charge in [0.2, 0.25) is 0 Å². The van der Waals surface area contributed by atoms with Crippen molar-refractivity contribution in [3.63, 3.8) is 0 Å². The molecule has 9 heteroatoms. The summed E-state index contributed by atoms with van der Waals surface area (Å²) in [5.41, 5.74) is 0. The third-order valence-corrected chi connectivity index (χ3v) is 4.05. The second kappa shape index (κ2) is 11.9. The van der Waals surface area contributed by atoms with E-state index in [9.17, 15) is 0 Å². The average molecular weight is 474 g/mol.